The molecule has 0 aromatic rings. The van der Waals surface area contributed by atoms with E-state index in [9.17, 15) is 0 Å². The van der Waals surface area contributed by atoms with Gasteiger partial charge in [-0.1, -0.05) is 0 Å². The molecular formula is H6Fe3O3. The molecule has 0 fully saturated rings. The van der Waals surface area contributed by atoms with Crippen LogP contribution >= 0.6 is 0 Å². The van der Waals surface area contributed by atoms with Gasteiger partial charge in [-0.2, -0.15) is 0 Å². The molecule has 0 radical (unpaired) electrons. The van der Waals surface area contributed by atoms with Crippen molar-refractivity contribution in [2.75, 3.05) is 0 Å². The van der Waals surface area contributed by atoms with Crippen molar-refractivity contribution in [2.24, 2.45) is 0 Å². The summed E-state index contributed by atoms with van der Waals surface area (Å²) in [5.74, 6) is 0. The standard InChI is InChI=1S/3Fe.3H2O/h;;;3*1H2. The summed E-state index contributed by atoms with van der Waals surface area (Å²) in [4.78, 5) is 0. The average Bonchev–Trinajstić information content (AvgIpc) is 0. The molecule has 0 amide bonds. The molecule has 0 spiro atoms. The maximum atomic E-state index is 0. The molecule has 0 aromatic heterocycles. The van der Waals surface area contributed by atoms with E-state index in [1.165, 1.54) is 0 Å². The second kappa shape index (κ2) is 92.0. The van der Waals surface area contributed by atoms with Gasteiger partial charge in [0, 0.05) is 51.2 Å². The first kappa shape index (κ1) is 149. The first-order chi connectivity index (χ1) is 0. The SMILES string of the molecule is O.O.O.[Fe].[Fe].[Fe]. The number of rotatable bonds is 0. The maximum Gasteiger partial charge on any atom is 0 e. The normalized spacial score (nSPS) is 0. The van der Waals surface area contributed by atoms with E-state index in [2.05, 4.69) is 0 Å². The molecule has 0 aromatic carbocycles. The van der Waals surface area contributed by atoms with Crippen LogP contribution in [0.1, 0.15) is 0 Å². The monoisotopic (exact) mass is 222 g/mol. The summed E-state index contributed by atoms with van der Waals surface area (Å²) in [6, 6.07) is 0. The summed E-state index contributed by atoms with van der Waals surface area (Å²) in [7, 11) is 0. The molecule has 48 valence electrons. The van der Waals surface area contributed by atoms with Crippen molar-refractivity contribution in [3.8, 4) is 0 Å². The minimum absolute atomic E-state index is 0. The van der Waals surface area contributed by atoms with Crippen molar-refractivity contribution in [2.45, 2.75) is 0 Å². The van der Waals surface area contributed by atoms with Gasteiger partial charge in [0.25, 0.3) is 0 Å². The Kier molecular flexibility index (Phi) is 2290. The van der Waals surface area contributed by atoms with Crippen LogP contribution in [0.15, 0.2) is 0 Å². The zero-order valence-electron chi connectivity index (χ0n) is 2.56. The molecule has 0 atom stereocenters. The van der Waals surface area contributed by atoms with Gasteiger partial charge < -0.3 is 16.4 Å². The van der Waals surface area contributed by atoms with Crippen LogP contribution in [-0.4, -0.2) is 16.4 Å². The van der Waals surface area contributed by atoms with Gasteiger partial charge in [0.1, 0.15) is 0 Å². The Balaban J connectivity index is 0. The molecule has 6 heteroatoms. The largest absolute Gasteiger partial charge is 0.412 e. The van der Waals surface area contributed by atoms with Gasteiger partial charge in [0.15, 0.2) is 0 Å². The van der Waals surface area contributed by atoms with E-state index in [1.54, 1.807) is 0 Å². The van der Waals surface area contributed by atoms with Gasteiger partial charge in [0.05, 0.1) is 0 Å². The Hall–Kier alpha value is 1.44. The van der Waals surface area contributed by atoms with Crippen molar-refractivity contribution in [1.29, 1.82) is 0 Å². The third kappa shape index (κ3) is 51.8. The van der Waals surface area contributed by atoms with Gasteiger partial charge in [-0.3, -0.25) is 0 Å². The Morgan fingerprint density at radius 2 is 0.333 bits per heavy atom. The van der Waals surface area contributed by atoms with E-state index in [4.69, 9.17) is 0 Å². The fourth-order valence-electron chi connectivity index (χ4n) is 0. The van der Waals surface area contributed by atoms with Gasteiger partial charge in [-0.15, -0.1) is 0 Å². The van der Waals surface area contributed by atoms with E-state index >= 15 is 0 Å². The summed E-state index contributed by atoms with van der Waals surface area (Å²) >= 11 is 0. The fourth-order valence-corrected chi connectivity index (χ4v) is 0. The van der Waals surface area contributed by atoms with E-state index in [1.807, 2.05) is 0 Å². The Bertz CT molecular complexity index is 6.00. The zero-order valence-corrected chi connectivity index (χ0v) is 5.87. The predicted molar refractivity (Wildman–Crippen MR) is 10.8 cm³/mol. The zero-order chi connectivity index (χ0) is 0. The summed E-state index contributed by atoms with van der Waals surface area (Å²) in [5, 5.41) is 0. The fraction of sp³-hybridized carbons (Fsp3) is 0. The minimum Gasteiger partial charge on any atom is -0.412 e. The van der Waals surface area contributed by atoms with Crippen LogP contribution in [0.2, 0.25) is 0 Å². The molecule has 0 unspecified atom stereocenters. The van der Waals surface area contributed by atoms with Gasteiger partial charge in [-0.05, 0) is 0 Å². The van der Waals surface area contributed by atoms with Crippen LogP contribution in [0.3, 0.4) is 0 Å². The number of hydrogen-bond acceptors (Lipinski definition) is 0. The number of hydrogen-bond donors (Lipinski definition) is 0. The van der Waals surface area contributed by atoms with Gasteiger partial charge in [0.2, 0.25) is 0 Å². The van der Waals surface area contributed by atoms with Crippen LogP contribution in [0.4, 0.5) is 0 Å². The summed E-state index contributed by atoms with van der Waals surface area (Å²) in [5.41, 5.74) is 0. The molecule has 0 rings (SSSR count). The molecule has 0 heterocycles. The quantitative estimate of drug-likeness (QED) is 0.405. The average molecular weight is 222 g/mol. The Morgan fingerprint density at radius 3 is 0.333 bits per heavy atom. The molecule has 0 aliphatic heterocycles. The summed E-state index contributed by atoms with van der Waals surface area (Å²) in [6.07, 6.45) is 0. The third-order valence-corrected chi connectivity index (χ3v) is 0. The first-order valence-corrected chi connectivity index (χ1v) is 0. The topological polar surface area (TPSA) is 94.5 Å². The van der Waals surface area contributed by atoms with Crippen LogP contribution < -0.4 is 0 Å². The summed E-state index contributed by atoms with van der Waals surface area (Å²) in [6.45, 7) is 0. The van der Waals surface area contributed by atoms with Crippen LogP contribution in [0, 0.1) is 0 Å². The molecule has 0 saturated heterocycles. The third-order valence-electron chi connectivity index (χ3n) is 0. The molecule has 0 aliphatic carbocycles. The van der Waals surface area contributed by atoms with E-state index in [-0.39, 0.29) is 67.6 Å². The van der Waals surface area contributed by atoms with Crippen LogP contribution in [0.5, 0.6) is 0 Å². The van der Waals surface area contributed by atoms with Crippen molar-refractivity contribution in [3.05, 3.63) is 0 Å². The molecule has 6 N–H and O–H groups in total. The summed E-state index contributed by atoms with van der Waals surface area (Å²) < 4.78 is 0. The van der Waals surface area contributed by atoms with Crippen molar-refractivity contribution in [1.82, 2.24) is 0 Å². The van der Waals surface area contributed by atoms with Crippen molar-refractivity contribution >= 4 is 0 Å². The van der Waals surface area contributed by atoms with Gasteiger partial charge in [-0.25, -0.2) is 0 Å². The molecule has 6 heavy (non-hydrogen) atoms. The smallest absolute Gasteiger partial charge is 0 e. The molecule has 3 nitrogen and oxygen atoms in total. The van der Waals surface area contributed by atoms with Crippen molar-refractivity contribution in [3.63, 3.8) is 0 Å². The van der Waals surface area contributed by atoms with Gasteiger partial charge >= 0.3 is 0 Å². The minimum atomic E-state index is 0. The Labute approximate surface area is 67.6 Å². The first-order valence-electron chi connectivity index (χ1n) is 0. The van der Waals surface area contributed by atoms with E-state index < -0.39 is 0 Å². The predicted octanol–water partition coefficient (Wildman–Crippen LogP) is -2.48. The van der Waals surface area contributed by atoms with Crippen LogP contribution in [0.25, 0.3) is 0 Å². The second-order valence-electron chi connectivity index (χ2n) is 0. The van der Waals surface area contributed by atoms with E-state index in [0.717, 1.165) is 0 Å². The van der Waals surface area contributed by atoms with E-state index in [0.29, 0.717) is 0 Å². The maximum absolute atomic E-state index is 0. The Morgan fingerprint density at radius 1 is 0.333 bits per heavy atom. The van der Waals surface area contributed by atoms with Crippen LogP contribution in [-0.2, 0) is 51.2 Å². The van der Waals surface area contributed by atoms with Crippen molar-refractivity contribution < 1.29 is 67.6 Å². The molecular weight excluding hydrogens is 216 g/mol. The second-order valence-corrected chi connectivity index (χ2v) is 0. The molecule has 0 aliphatic rings. The molecule has 0 saturated carbocycles. The molecule has 0 bridgehead atoms.